The number of hydrogen-bond donors (Lipinski definition) is 1. The zero-order valence-electron chi connectivity index (χ0n) is 11.6. The molecule has 4 heteroatoms. The maximum Gasteiger partial charge on any atom is 0.336 e. The second-order valence-corrected chi connectivity index (χ2v) is 5.76. The lowest BCUT2D eigenvalue weighted by atomic mass is 9.64. The molecular weight excluding hydrogens is 244 g/mol. The van der Waals surface area contributed by atoms with Crippen molar-refractivity contribution >= 4 is 12.3 Å². The maximum atomic E-state index is 11.4. The van der Waals surface area contributed by atoms with Crippen molar-refractivity contribution in [1.29, 1.82) is 0 Å². The van der Waals surface area contributed by atoms with Crippen LogP contribution < -0.4 is 0 Å². The Hall–Kier alpha value is -1.42. The number of rotatable bonds is 3. The zero-order valence-corrected chi connectivity index (χ0v) is 11.6. The number of cyclic esters (lactones) is 1. The van der Waals surface area contributed by atoms with E-state index in [9.17, 15) is 14.7 Å². The van der Waals surface area contributed by atoms with E-state index in [1.54, 1.807) is 6.92 Å². The Morgan fingerprint density at radius 1 is 1.58 bits per heavy atom. The first-order chi connectivity index (χ1) is 8.90. The Labute approximate surface area is 113 Å². The van der Waals surface area contributed by atoms with Crippen LogP contribution in [0.4, 0.5) is 0 Å². The number of allylic oxidation sites excluding steroid dienone is 2. The lowest BCUT2D eigenvalue weighted by molar-refractivity contribution is -0.152. The maximum absolute atomic E-state index is 11.4. The number of esters is 1. The normalized spacial score (nSPS) is 35.2. The van der Waals surface area contributed by atoms with E-state index in [0.717, 1.165) is 24.7 Å². The first-order valence-electron chi connectivity index (χ1n) is 6.64. The van der Waals surface area contributed by atoms with Crippen LogP contribution in [0, 0.1) is 11.3 Å². The third-order valence-electron chi connectivity index (χ3n) is 4.70. The molecule has 19 heavy (non-hydrogen) atoms. The molecule has 2 rings (SSSR count). The molecule has 3 atom stereocenters. The molecule has 0 aromatic heterocycles. The van der Waals surface area contributed by atoms with Gasteiger partial charge in [0, 0.05) is 16.6 Å². The molecule has 0 spiro atoms. The fourth-order valence-electron chi connectivity index (χ4n) is 2.98. The van der Waals surface area contributed by atoms with Gasteiger partial charge < -0.3 is 9.84 Å². The van der Waals surface area contributed by atoms with E-state index in [1.165, 1.54) is 0 Å². The van der Waals surface area contributed by atoms with Gasteiger partial charge in [-0.1, -0.05) is 19.9 Å². The van der Waals surface area contributed by atoms with Gasteiger partial charge in [-0.3, -0.25) is 4.79 Å². The molecule has 1 aliphatic carbocycles. The summed E-state index contributed by atoms with van der Waals surface area (Å²) in [7, 11) is 0. The number of aliphatic hydroxyl groups is 1. The van der Waals surface area contributed by atoms with E-state index in [0.29, 0.717) is 23.5 Å². The molecule has 1 N–H and O–H groups in total. The molecule has 0 amide bonds. The van der Waals surface area contributed by atoms with Crippen LogP contribution in [-0.2, 0) is 14.3 Å². The van der Waals surface area contributed by atoms with E-state index in [1.807, 2.05) is 13.0 Å². The smallest absolute Gasteiger partial charge is 0.336 e. The second kappa shape index (κ2) is 4.93. The lowest BCUT2D eigenvalue weighted by Crippen LogP contribution is -2.33. The van der Waals surface area contributed by atoms with Crippen molar-refractivity contribution in [3.63, 3.8) is 0 Å². The molecule has 1 aliphatic heterocycles. The van der Waals surface area contributed by atoms with Gasteiger partial charge in [-0.05, 0) is 37.7 Å². The van der Waals surface area contributed by atoms with Gasteiger partial charge in [-0.15, -0.1) is 0 Å². The minimum absolute atomic E-state index is 0.320. The molecule has 104 valence electrons. The third kappa shape index (κ3) is 2.25. The van der Waals surface area contributed by atoms with Gasteiger partial charge in [0.05, 0.1) is 0 Å². The highest BCUT2D eigenvalue weighted by molar-refractivity contribution is 5.91. The lowest BCUT2D eigenvalue weighted by Gasteiger charge is -2.40. The largest absolute Gasteiger partial charge is 0.428 e. The Kier molecular flexibility index (Phi) is 3.63. The molecular formula is C15H20O4. The number of carbonyl (C=O) groups excluding carboxylic acids is 2. The van der Waals surface area contributed by atoms with E-state index in [-0.39, 0.29) is 5.41 Å². The molecule has 0 radical (unpaired) electrons. The summed E-state index contributed by atoms with van der Waals surface area (Å²) >= 11 is 0. The van der Waals surface area contributed by atoms with Crippen LogP contribution in [0.25, 0.3) is 0 Å². The Morgan fingerprint density at radius 3 is 2.79 bits per heavy atom. The fourth-order valence-corrected chi connectivity index (χ4v) is 2.98. The van der Waals surface area contributed by atoms with Gasteiger partial charge in [-0.25, -0.2) is 4.79 Å². The SMILES string of the molecule is CC1=C(C[C@@]2(C)C(C=O)=CCC[C@@H]2C)[C@@H](O)OC1=O. The first-order valence-corrected chi connectivity index (χ1v) is 6.64. The summed E-state index contributed by atoms with van der Waals surface area (Å²) in [6.45, 7) is 5.79. The molecule has 0 saturated heterocycles. The highest BCUT2D eigenvalue weighted by Gasteiger charge is 2.41. The van der Waals surface area contributed by atoms with Gasteiger partial charge in [0.2, 0.25) is 6.29 Å². The molecule has 0 bridgehead atoms. The van der Waals surface area contributed by atoms with Crippen LogP contribution in [-0.4, -0.2) is 23.7 Å². The molecule has 4 nitrogen and oxygen atoms in total. The van der Waals surface area contributed by atoms with Crippen molar-refractivity contribution in [2.24, 2.45) is 11.3 Å². The minimum atomic E-state index is -1.16. The van der Waals surface area contributed by atoms with Crippen LogP contribution in [0.2, 0.25) is 0 Å². The van der Waals surface area contributed by atoms with E-state index in [4.69, 9.17) is 4.74 Å². The van der Waals surface area contributed by atoms with Crippen LogP contribution in [0.15, 0.2) is 22.8 Å². The number of ether oxygens (including phenoxy) is 1. The van der Waals surface area contributed by atoms with Crippen molar-refractivity contribution < 1.29 is 19.4 Å². The van der Waals surface area contributed by atoms with Gasteiger partial charge >= 0.3 is 5.97 Å². The monoisotopic (exact) mass is 264 g/mol. The fraction of sp³-hybridized carbons (Fsp3) is 0.600. The number of aldehydes is 1. The quantitative estimate of drug-likeness (QED) is 0.626. The second-order valence-electron chi connectivity index (χ2n) is 5.76. The van der Waals surface area contributed by atoms with Gasteiger partial charge in [0.25, 0.3) is 0 Å². The predicted molar refractivity (Wildman–Crippen MR) is 70.1 cm³/mol. The van der Waals surface area contributed by atoms with E-state index < -0.39 is 12.3 Å². The summed E-state index contributed by atoms with van der Waals surface area (Å²) < 4.78 is 4.81. The summed E-state index contributed by atoms with van der Waals surface area (Å²) in [6.07, 6.45) is 4.10. The molecule has 0 saturated carbocycles. The topological polar surface area (TPSA) is 63.6 Å². The van der Waals surface area contributed by atoms with E-state index >= 15 is 0 Å². The van der Waals surface area contributed by atoms with Crippen molar-refractivity contribution in [3.8, 4) is 0 Å². The molecule has 1 heterocycles. The number of aliphatic hydroxyl groups excluding tert-OH is 1. The Bertz CT molecular complexity index is 475. The van der Waals surface area contributed by atoms with Gasteiger partial charge in [-0.2, -0.15) is 0 Å². The zero-order chi connectivity index (χ0) is 14.2. The third-order valence-corrected chi connectivity index (χ3v) is 4.70. The van der Waals surface area contributed by atoms with Gasteiger partial charge in [0.1, 0.15) is 6.29 Å². The Balaban J connectivity index is 2.35. The summed E-state index contributed by atoms with van der Waals surface area (Å²) in [5, 5.41) is 9.81. The predicted octanol–water partition coefficient (Wildman–Crippen LogP) is 2.13. The number of carbonyl (C=O) groups is 2. The molecule has 0 unspecified atom stereocenters. The van der Waals surface area contributed by atoms with Crippen molar-refractivity contribution in [1.82, 2.24) is 0 Å². The molecule has 0 aromatic rings. The Morgan fingerprint density at radius 2 is 2.26 bits per heavy atom. The first kappa shape index (κ1) is 14.0. The standard InChI is InChI=1S/C15H20O4/c1-9-5-4-6-11(8-16)15(9,3)7-12-10(2)13(17)19-14(12)18/h6,8-9,14,18H,4-5,7H2,1-3H3/t9-,14-,15+/m0/s1. The summed E-state index contributed by atoms with van der Waals surface area (Å²) in [6, 6.07) is 0. The van der Waals surface area contributed by atoms with E-state index in [2.05, 4.69) is 6.92 Å². The van der Waals surface area contributed by atoms with Crippen LogP contribution in [0.5, 0.6) is 0 Å². The van der Waals surface area contributed by atoms with Crippen LogP contribution >= 0.6 is 0 Å². The van der Waals surface area contributed by atoms with Crippen molar-refractivity contribution in [3.05, 3.63) is 22.8 Å². The van der Waals surface area contributed by atoms with Gasteiger partial charge in [0.15, 0.2) is 0 Å². The molecule has 2 aliphatic rings. The molecule has 0 aromatic carbocycles. The minimum Gasteiger partial charge on any atom is -0.428 e. The van der Waals surface area contributed by atoms with Crippen LogP contribution in [0.1, 0.15) is 40.0 Å². The van der Waals surface area contributed by atoms with Crippen molar-refractivity contribution in [2.45, 2.75) is 46.3 Å². The van der Waals surface area contributed by atoms with Crippen LogP contribution in [0.3, 0.4) is 0 Å². The summed E-state index contributed by atoms with van der Waals surface area (Å²) in [4.78, 5) is 22.7. The average Bonchev–Trinajstić information content (AvgIpc) is 2.60. The average molecular weight is 264 g/mol. The summed E-state index contributed by atoms with van der Waals surface area (Å²) in [5.74, 6) is -0.146. The summed E-state index contributed by atoms with van der Waals surface area (Å²) in [5.41, 5.74) is 1.50. The molecule has 0 fully saturated rings. The highest BCUT2D eigenvalue weighted by Crippen LogP contribution is 2.47. The number of hydrogen-bond acceptors (Lipinski definition) is 4. The highest BCUT2D eigenvalue weighted by atomic mass is 16.6. The van der Waals surface area contributed by atoms with Crippen molar-refractivity contribution in [2.75, 3.05) is 0 Å².